The molecule has 0 fully saturated rings. The number of H-pyrrole nitrogens is 1. The SMILES string of the molecule is O=CC1(C(=O)c2c[nH]cn2)C=CC2=CC3=C(CC2=C1)OCO3. The van der Waals surface area contributed by atoms with Crippen LogP contribution in [0.1, 0.15) is 16.9 Å². The van der Waals surface area contributed by atoms with Crippen molar-refractivity contribution in [1.82, 2.24) is 9.97 Å². The molecular formula is C16H12N2O4. The van der Waals surface area contributed by atoms with Gasteiger partial charge in [-0.1, -0.05) is 18.2 Å². The van der Waals surface area contributed by atoms with Crippen LogP contribution in [0.25, 0.3) is 0 Å². The van der Waals surface area contributed by atoms with Crippen LogP contribution < -0.4 is 0 Å². The van der Waals surface area contributed by atoms with Crippen molar-refractivity contribution in [3.05, 3.63) is 65.2 Å². The summed E-state index contributed by atoms with van der Waals surface area (Å²) in [4.78, 5) is 31.0. The molecule has 1 atom stereocenters. The second-order valence-electron chi connectivity index (χ2n) is 5.31. The summed E-state index contributed by atoms with van der Waals surface area (Å²) >= 11 is 0. The highest BCUT2D eigenvalue weighted by Crippen LogP contribution is 2.40. The minimum absolute atomic E-state index is 0.205. The van der Waals surface area contributed by atoms with Crippen LogP contribution in [0.2, 0.25) is 0 Å². The van der Waals surface area contributed by atoms with E-state index in [4.69, 9.17) is 9.47 Å². The largest absolute Gasteiger partial charge is 0.458 e. The Kier molecular flexibility index (Phi) is 2.66. The third-order valence-electron chi connectivity index (χ3n) is 4.00. The Morgan fingerprint density at radius 1 is 1.41 bits per heavy atom. The van der Waals surface area contributed by atoms with E-state index in [0.29, 0.717) is 18.5 Å². The molecule has 22 heavy (non-hydrogen) atoms. The first-order chi connectivity index (χ1) is 10.7. The van der Waals surface area contributed by atoms with Crippen molar-refractivity contribution in [3.8, 4) is 0 Å². The molecule has 0 radical (unpaired) electrons. The molecule has 3 aliphatic rings. The van der Waals surface area contributed by atoms with Gasteiger partial charge in [0.2, 0.25) is 12.6 Å². The fraction of sp³-hybridized carbons (Fsp3) is 0.188. The van der Waals surface area contributed by atoms with Crippen LogP contribution in [0.4, 0.5) is 0 Å². The van der Waals surface area contributed by atoms with Crippen molar-refractivity contribution in [2.45, 2.75) is 6.42 Å². The average Bonchev–Trinajstić information content (AvgIpc) is 3.22. The molecule has 6 heteroatoms. The first-order valence-electron chi connectivity index (χ1n) is 6.83. The molecule has 2 heterocycles. The van der Waals surface area contributed by atoms with Gasteiger partial charge in [0.05, 0.1) is 6.33 Å². The Morgan fingerprint density at radius 3 is 3.09 bits per heavy atom. The van der Waals surface area contributed by atoms with E-state index < -0.39 is 5.41 Å². The van der Waals surface area contributed by atoms with Crippen LogP contribution in [-0.4, -0.2) is 28.8 Å². The number of rotatable bonds is 3. The standard InChI is InChI=1S/C16H12N2O4/c19-7-16(15(20)12-6-17-8-18-12)2-1-10-3-13-14(22-9-21-13)4-11(10)5-16/h1-3,5-8H,4,9H2,(H,17,18). The van der Waals surface area contributed by atoms with Crippen molar-refractivity contribution in [2.75, 3.05) is 6.79 Å². The minimum Gasteiger partial charge on any atom is -0.458 e. The quantitative estimate of drug-likeness (QED) is 0.523. The van der Waals surface area contributed by atoms with Gasteiger partial charge >= 0.3 is 0 Å². The van der Waals surface area contributed by atoms with Crippen LogP contribution >= 0.6 is 0 Å². The van der Waals surface area contributed by atoms with E-state index in [1.807, 2.05) is 6.08 Å². The van der Waals surface area contributed by atoms with E-state index >= 15 is 0 Å². The first kappa shape index (κ1) is 12.8. The van der Waals surface area contributed by atoms with E-state index in [1.54, 1.807) is 18.2 Å². The number of carbonyl (C=O) groups excluding carboxylic acids is 2. The maximum atomic E-state index is 12.6. The van der Waals surface area contributed by atoms with Gasteiger partial charge in [-0.15, -0.1) is 0 Å². The predicted molar refractivity (Wildman–Crippen MR) is 75.4 cm³/mol. The molecule has 0 saturated heterocycles. The summed E-state index contributed by atoms with van der Waals surface area (Å²) in [6, 6.07) is 0. The normalized spacial score (nSPS) is 25.5. The number of ether oxygens (including phenoxy) is 2. The Bertz CT molecular complexity index is 783. The van der Waals surface area contributed by atoms with Gasteiger partial charge in [-0.2, -0.15) is 0 Å². The Balaban J connectivity index is 1.75. The molecular weight excluding hydrogens is 284 g/mol. The van der Waals surface area contributed by atoms with E-state index in [1.165, 1.54) is 12.5 Å². The Hall–Kier alpha value is -2.89. The summed E-state index contributed by atoms with van der Waals surface area (Å²) in [6.45, 7) is 0.205. The molecule has 0 saturated carbocycles. The number of nitrogens with one attached hydrogen (secondary N) is 1. The molecule has 4 rings (SSSR count). The number of imidazole rings is 1. The van der Waals surface area contributed by atoms with Gasteiger partial charge in [-0.3, -0.25) is 4.79 Å². The topological polar surface area (TPSA) is 81.3 Å². The highest BCUT2D eigenvalue weighted by atomic mass is 16.7. The fourth-order valence-corrected chi connectivity index (χ4v) is 2.81. The number of allylic oxidation sites excluding steroid dienone is 6. The van der Waals surface area contributed by atoms with Gasteiger partial charge in [0.1, 0.15) is 23.2 Å². The lowest BCUT2D eigenvalue weighted by Crippen LogP contribution is -2.31. The van der Waals surface area contributed by atoms with E-state index in [-0.39, 0.29) is 18.3 Å². The highest BCUT2D eigenvalue weighted by molar-refractivity contribution is 6.11. The number of Topliss-reactive ketones (excluding diaryl/α,β-unsaturated/α-hetero) is 1. The molecule has 0 bridgehead atoms. The third kappa shape index (κ3) is 1.77. The number of hydrogen-bond donors (Lipinski definition) is 1. The summed E-state index contributed by atoms with van der Waals surface area (Å²) in [6.07, 6.45) is 11.0. The summed E-state index contributed by atoms with van der Waals surface area (Å²) in [5.41, 5.74) is 0.718. The molecule has 1 N–H and O–H groups in total. The van der Waals surface area contributed by atoms with Crippen molar-refractivity contribution in [1.29, 1.82) is 0 Å². The zero-order valence-electron chi connectivity index (χ0n) is 11.5. The van der Waals surface area contributed by atoms with Crippen LogP contribution in [0.15, 0.2) is 59.5 Å². The zero-order chi connectivity index (χ0) is 15.2. The maximum Gasteiger partial charge on any atom is 0.230 e. The van der Waals surface area contributed by atoms with E-state index in [9.17, 15) is 9.59 Å². The van der Waals surface area contributed by atoms with Crippen LogP contribution in [0.3, 0.4) is 0 Å². The van der Waals surface area contributed by atoms with Crippen LogP contribution in [-0.2, 0) is 14.3 Å². The summed E-state index contributed by atoms with van der Waals surface area (Å²) < 4.78 is 10.8. The summed E-state index contributed by atoms with van der Waals surface area (Å²) in [5, 5.41) is 0. The van der Waals surface area contributed by atoms with E-state index in [2.05, 4.69) is 9.97 Å². The lowest BCUT2D eigenvalue weighted by molar-refractivity contribution is -0.111. The molecule has 0 amide bonds. The number of ketones is 1. The van der Waals surface area contributed by atoms with E-state index in [0.717, 1.165) is 16.9 Å². The summed E-state index contributed by atoms with van der Waals surface area (Å²) in [7, 11) is 0. The molecule has 6 nitrogen and oxygen atoms in total. The fourth-order valence-electron chi connectivity index (χ4n) is 2.81. The first-order valence-corrected chi connectivity index (χ1v) is 6.83. The lowest BCUT2D eigenvalue weighted by Gasteiger charge is -2.26. The lowest BCUT2D eigenvalue weighted by atomic mass is 9.75. The Morgan fingerprint density at radius 2 is 2.32 bits per heavy atom. The molecule has 1 unspecified atom stereocenters. The van der Waals surface area contributed by atoms with Gasteiger partial charge in [0.25, 0.3) is 0 Å². The van der Waals surface area contributed by atoms with Gasteiger partial charge in [-0.05, 0) is 17.2 Å². The third-order valence-corrected chi connectivity index (χ3v) is 4.00. The van der Waals surface area contributed by atoms with Crippen LogP contribution in [0, 0.1) is 5.41 Å². The molecule has 1 aromatic rings. The minimum atomic E-state index is -1.32. The highest BCUT2D eigenvalue weighted by Gasteiger charge is 2.39. The van der Waals surface area contributed by atoms with Gasteiger partial charge in [0.15, 0.2) is 5.76 Å². The Labute approximate surface area is 125 Å². The number of carbonyl (C=O) groups is 2. The molecule has 1 aliphatic heterocycles. The number of aldehydes is 1. The second-order valence-corrected chi connectivity index (χ2v) is 5.31. The van der Waals surface area contributed by atoms with Crippen molar-refractivity contribution < 1.29 is 19.1 Å². The maximum absolute atomic E-state index is 12.6. The van der Waals surface area contributed by atoms with Gasteiger partial charge in [0, 0.05) is 12.6 Å². The van der Waals surface area contributed by atoms with Gasteiger partial charge in [-0.25, -0.2) is 4.98 Å². The number of aromatic nitrogens is 2. The second kappa shape index (κ2) is 4.56. The van der Waals surface area contributed by atoms with Crippen molar-refractivity contribution in [3.63, 3.8) is 0 Å². The van der Waals surface area contributed by atoms with Crippen molar-refractivity contribution >= 4 is 12.1 Å². The molecule has 2 aliphatic carbocycles. The zero-order valence-corrected chi connectivity index (χ0v) is 11.5. The number of aromatic amines is 1. The molecule has 0 spiro atoms. The molecule has 1 aromatic heterocycles. The number of hydrogen-bond acceptors (Lipinski definition) is 5. The van der Waals surface area contributed by atoms with Crippen LogP contribution in [0.5, 0.6) is 0 Å². The smallest absolute Gasteiger partial charge is 0.230 e. The molecule has 110 valence electrons. The monoisotopic (exact) mass is 296 g/mol. The summed E-state index contributed by atoms with van der Waals surface area (Å²) in [5.74, 6) is 1.10. The number of nitrogens with zero attached hydrogens (tertiary/aromatic N) is 1. The number of fused-ring (bicyclic) bond motifs is 1. The molecule has 0 aromatic carbocycles. The van der Waals surface area contributed by atoms with Crippen molar-refractivity contribution in [2.24, 2.45) is 5.41 Å². The van der Waals surface area contributed by atoms with Gasteiger partial charge < -0.3 is 19.3 Å². The predicted octanol–water partition coefficient (Wildman–Crippen LogP) is 1.82. The average molecular weight is 296 g/mol.